The molecule has 17 nitrogen and oxygen atoms in total. The normalized spacial score (nSPS) is 15.4. The second kappa shape index (κ2) is 19.6. The fourth-order valence-electron chi connectivity index (χ4n) is 4.66. The predicted molar refractivity (Wildman–Crippen MR) is 177 cm³/mol. The second-order valence-corrected chi connectivity index (χ2v) is 11.5. The van der Waals surface area contributed by atoms with Crippen LogP contribution < -0.4 is 38.5 Å². The molecule has 1 heterocycles. The Bertz CT molecular complexity index is 1370. The highest BCUT2D eigenvalue weighted by atomic mass is 16.4. The first-order chi connectivity index (χ1) is 22.7. The van der Waals surface area contributed by atoms with Crippen molar-refractivity contribution in [1.82, 2.24) is 31.2 Å². The van der Waals surface area contributed by atoms with Crippen LogP contribution in [0.1, 0.15) is 51.4 Å². The Morgan fingerprint density at radius 2 is 1.52 bits per heavy atom. The minimum Gasteiger partial charge on any atom is -0.480 e. The lowest BCUT2D eigenvalue weighted by atomic mass is 9.96. The number of aromatic nitrogens is 2. The number of imidazole rings is 1. The lowest BCUT2D eigenvalue weighted by Gasteiger charge is -2.29. The molecule has 0 saturated carbocycles. The van der Waals surface area contributed by atoms with Gasteiger partial charge in [0.25, 0.3) is 0 Å². The lowest BCUT2D eigenvalue weighted by Crippen LogP contribution is -2.61. The van der Waals surface area contributed by atoms with Crippen LogP contribution >= 0.6 is 0 Å². The van der Waals surface area contributed by atoms with Gasteiger partial charge in [-0.2, -0.15) is 0 Å². The molecule has 0 radical (unpaired) electrons. The zero-order valence-electron chi connectivity index (χ0n) is 27.4. The zero-order valence-corrected chi connectivity index (χ0v) is 27.4. The Hall–Kier alpha value is -5.03. The number of benzene rings is 1. The molecule has 0 unspecified atom stereocenters. The summed E-state index contributed by atoms with van der Waals surface area (Å²) in [4.78, 5) is 76.1. The first kappa shape index (κ1) is 39.1. The number of guanidine groups is 1. The summed E-state index contributed by atoms with van der Waals surface area (Å²) in [7, 11) is 0. The highest BCUT2D eigenvalue weighted by Gasteiger charge is 2.35. The van der Waals surface area contributed by atoms with Gasteiger partial charge in [-0.25, -0.2) is 9.78 Å². The number of aliphatic hydroxyl groups excluding tert-OH is 1. The van der Waals surface area contributed by atoms with Crippen LogP contribution in [0, 0.1) is 5.92 Å². The number of rotatable bonds is 20. The van der Waals surface area contributed by atoms with Gasteiger partial charge in [-0.05, 0) is 31.2 Å². The van der Waals surface area contributed by atoms with Gasteiger partial charge in [0, 0.05) is 31.8 Å². The van der Waals surface area contributed by atoms with E-state index in [-0.39, 0.29) is 31.8 Å². The second-order valence-electron chi connectivity index (χ2n) is 11.5. The number of nitrogens with zero attached hydrogens (tertiary/aromatic N) is 2. The molecule has 264 valence electrons. The van der Waals surface area contributed by atoms with E-state index in [4.69, 9.17) is 17.2 Å². The molecule has 1 aromatic heterocycles. The molecule has 0 saturated heterocycles. The number of H-pyrrole nitrogens is 1. The lowest BCUT2D eigenvalue weighted by molar-refractivity contribution is -0.142. The molecular formula is C31H48N10O7. The molecule has 13 N–H and O–H groups in total. The number of nitrogens with two attached hydrogens (primary N) is 3. The number of carboxylic acids is 1. The van der Waals surface area contributed by atoms with E-state index in [1.54, 1.807) is 44.2 Å². The maximum atomic E-state index is 13.7. The summed E-state index contributed by atoms with van der Waals surface area (Å²) in [5.41, 5.74) is 17.2. The molecule has 0 bridgehead atoms. The quantitative estimate of drug-likeness (QED) is 0.0418. The molecule has 48 heavy (non-hydrogen) atoms. The van der Waals surface area contributed by atoms with Crippen LogP contribution in [0.15, 0.2) is 47.7 Å². The Morgan fingerprint density at radius 3 is 2.08 bits per heavy atom. The molecule has 4 amide bonds. The van der Waals surface area contributed by atoms with Crippen molar-refractivity contribution in [1.29, 1.82) is 0 Å². The molecule has 17 heteroatoms. The molecule has 0 spiro atoms. The predicted octanol–water partition coefficient (Wildman–Crippen LogP) is -1.97. The van der Waals surface area contributed by atoms with E-state index in [0.717, 1.165) is 0 Å². The number of aliphatic hydroxyl groups is 1. The van der Waals surface area contributed by atoms with Crippen molar-refractivity contribution in [3.05, 3.63) is 54.1 Å². The minimum absolute atomic E-state index is 0.0205. The Labute approximate surface area is 278 Å². The number of aliphatic carboxylic acids is 1. The maximum absolute atomic E-state index is 13.7. The maximum Gasteiger partial charge on any atom is 0.326 e. The van der Waals surface area contributed by atoms with Crippen molar-refractivity contribution in [2.45, 2.75) is 89.2 Å². The fourth-order valence-corrected chi connectivity index (χ4v) is 4.66. The summed E-state index contributed by atoms with van der Waals surface area (Å²) in [6.07, 6.45) is 2.49. The Balaban J connectivity index is 2.22. The van der Waals surface area contributed by atoms with Gasteiger partial charge in [0.1, 0.15) is 30.0 Å². The number of aliphatic imine (C=N–C) groups is 1. The number of carboxylic acid groups (broad SMARTS) is 1. The largest absolute Gasteiger partial charge is 0.480 e. The summed E-state index contributed by atoms with van der Waals surface area (Å²) < 4.78 is 0. The molecule has 1 aromatic carbocycles. The van der Waals surface area contributed by atoms with Crippen LogP contribution in [-0.2, 0) is 36.8 Å². The number of hydrogen-bond donors (Lipinski definition) is 10. The van der Waals surface area contributed by atoms with E-state index >= 15 is 0 Å². The topological polar surface area (TPSA) is 293 Å². The summed E-state index contributed by atoms with van der Waals surface area (Å²) in [5, 5.41) is 30.3. The monoisotopic (exact) mass is 672 g/mol. The third-order valence-electron chi connectivity index (χ3n) is 7.64. The smallest absolute Gasteiger partial charge is 0.326 e. The van der Waals surface area contributed by atoms with E-state index in [0.29, 0.717) is 24.2 Å². The van der Waals surface area contributed by atoms with Crippen molar-refractivity contribution >= 4 is 35.6 Å². The summed E-state index contributed by atoms with van der Waals surface area (Å²) in [5.74, 6) is -4.55. The molecular weight excluding hydrogens is 624 g/mol. The highest BCUT2D eigenvalue weighted by Crippen LogP contribution is 2.11. The number of hydrogen-bond acceptors (Lipinski definition) is 9. The van der Waals surface area contributed by atoms with Crippen molar-refractivity contribution in [3.8, 4) is 0 Å². The van der Waals surface area contributed by atoms with E-state index in [1.807, 2.05) is 0 Å². The third kappa shape index (κ3) is 13.0. The molecule has 2 rings (SSSR count). The van der Waals surface area contributed by atoms with Crippen LogP contribution in [0.4, 0.5) is 0 Å². The van der Waals surface area contributed by atoms with Gasteiger partial charge >= 0.3 is 5.97 Å². The first-order valence-electron chi connectivity index (χ1n) is 15.7. The van der Waals surface area contributed by atoms with E-state index in [9.17, 15) is 34.2 Å². The summed E-state index contributed by atoms with van der Waals surface area (Å²) in [6.45, 7) is 5.05. The Kier molecular flexibility index (Phi) is 16.0. The molecule has 7 atom stereocenters. The van der Waals surface area contributed by atoms with Gasteiger partial charge in [-0.1, -0.05) is 50.6 Å². The van der Waals surface area contributed by atoms with Gasteiger partial charge in [0.15, 0.2) is 5.96 Å². The Morgan fingerprint density at radius 1 is 0.896 bits per heavy atom. The van der Waals surface area contributed by atoms with Crippen molar-refractivity contribution < 1.29 is 34.2 Å². The highest BCUT2D eigenvalue weighted by molar-refractivity contribution is 5.95. The zero-order chi connectivity index (χ0) is 35.8. The van der Waals surface area contributed by atoms with Crippen molar-refractivity contribution in [3.63, 3.8) is 0 Å². The minimum atomic E-state index is -1.49. The van der Waals surface area contributed by atoms with Crippen molar-refractivity contribution in [2.24, 2.45) is 28.1 Å². The van der Waals surface area contributed by atoms with Gasteiger partial charge in [0.2, 0.25) is 23.6 Å². The summed E-state index contributed by atoms with van der Waals surface area (Å²) in [6, 6.07) is 2.49. The number of amides is 4. The van der Waals surface area contributed by atoms with Gasteiger partial charge in [-0.15, -0.1) is 0 Å². The van der Waals surface area contributed by atoms with Gasteiger partial charge in [-0.3, -0.25) is 24.2 Å². The standard InChI is InChI=1S/C31H48N10O7/c1-4-17(2)24(28(45)39-22(30(47)48)15-19-9-6-5-7-10-19)40-27(44)21(16-23-35-13-14-36-23)38-29(46)25(18(3)42)41-26(43)20(32)11-8-12-37-31(33)34/h5-7,9-10,13-14,17-18,20-22,24-25,42H,4,8,11-12,15-16,32H2,1-3H3,(H,35,36)(H,38,46)(H,39,45)(H,40,44)(H,41,43)(H,47,48)(H4,33,34,37)/t17-,18+,20-,21-,22-,24-,25-/m0/s1. The SMILES string of the molecule is CC[C@H](C)[C@H](NC(=O)[C@H](Cc1ncc[nH]1)NC(=O)[C@@H](NC(=O)[C@@H](N)CCCN=C(N)N)[C@@H](C)O)C(=O)N[C@@H](Cc1ccccc1)C(=O)O. The fraction of sp³-hybridized carbons (Fsp3) is 0.516. The number of carbonyl (C=O) groups excluding carboxylic acids is 4. The number of nitrogens with one attached hydrogen (secondary N) is 5. The van der Waals surface area contributed by atoms with Gasteiger partial charge in [0.05, 0.1) is 12.1 Å². The van der Waals surface area contributed by atoms with Crippen molar-refractivity contribution in [2.75, 3.05) is 6.54 Å². The first-order valence-corrected chi connectivity index (χ1v) is 15.7. The molecule has 0 fully saturated rings. The van der Waals surface area contributed by atoms with Crippen LogP contribution in [0.25, 0.3) is 0 Å². The average molecular weight is 673 g/mol. The van der Waals surface area contributed by atoms with E-state index < -0.39 is 71.8 Å². The van der Waals surface area contributed by atoms with Crippen LogP contribution in [0.3, 0.4) is 0 Å². The van der Waals surface area contributed by atoms with E-state index in [1.165, 1.54) is 19.3 Å². The molecule has 0 aliphatic heterocycles. The average Bonchev–Trinajstić information content (AvgIpc) is 3.56. The molecule has 2 aromatic rings. The van der Waals surface area contributed by atoms with Crippen LogP contribution in [0.5, 0.6) is 0 Å². The molecule has 0 aliphatic rings. The van der Waals surface area contributed by atoms with E-state index in [2.05, 4.69) is 36.2 Å². The van der Waals surface area contributed by atoms with Crippen LogP contribution in [-0.4, -0.2) is 98.6 Å². The number of carbonyl (C=O) groups is 5. The molecule has 0 aliphatic carbocycles. The summed E-state index contributed by atoms with van der Waals surface area (Å²) >= 11 is 0. The van der Waals surface area contributed by atoms with Crippen LogP contribution in [0.2, 0.25) is 0 Å². The number of aromatic amines is 1. The third-order valence-corrected chi connectivity index (χ3v) is 7.64. The van der Waals surface area contributed by atoms with Gasteiger partial charge < -0.3 is 53.7 Å².